The number of amides is 2. The van der Waals surface area contributed by atoms with Crippen molar-refractivity contribution in [1.82, 2.24) is 14.7 Å². The second-order valence-electron chi connectivity index (χ2n) is 9.06. The maximum absolute atomic E-state index is 13.1. The molecule has 0 radical (unpaired) electrons. The van der Waals surface area contributed by atoms with Gasteiger partial charge in [-0.3, -0.25) is 9.69 Å². The van der Waals surface area contributed by atoms with Crippen LogP contribution in [0.2, 0.25) is 0 Å². The smallest absolute Gasteiger partial charge is 0.323 e. The largest absolute Gasteiger partial charge is 0.480 e. The van der Waals surface area contributed by atoms with E-state index in [2.05, 4.69) is 43.3 Å². The number of hydrogen-bond acceptors (Lipinski definition) is 4. The molecule has 1 aromatic carbocycles. The van der Waals surface area contributed by atoms with Crippen LogP contribution in [0.1, 0.15) is 31.2 Å². The highest BCUT2D eigenvalue weighted by Gasteiger charge is 2.55. The number of carboxylic acids is 1. The van der Waals surface area contributed by atoms with Crippen LogP contribution in [0.3, 0.4) is 0 Å². The van der Waals surface area contributed by atoms with Crippen molar-refractivity contribution in [2.45, 2.75) is 36.8 Å². The number of urea groups is 1. The molecule has 1 aromatic rings. The Balaban J connectivity index is 1.59. The SMILES string of the molecule is CN(C)[C@]1(c2ccccc2)CC[C@]2(CC1)CN(CC(=O)O)C(=O)N2CC1COC1. The normalized spacial score (nSPS) is 30.2. The number of carbonyl (C=O) groups excluding carboxylic acids is 1. The first-order chi connectivity index (χ1) is 13.9. The van der Waals surface area contributed by atoms with E-state index >= 15 is 0 Å². The molecule has 0 aromatic heterocycles. The zero-order valence-corrected chi connectivity index (χ0v) is 17.3. The highest BCUT2D eigenvalue weighted by molar-refractivity contribution is 5.83. The molecule has 7 heteroatoms. The van der Waals surface area contributed by atoms with Crippen molar-refractivity contribution in [3.05, 3.63) is 35.9 Å². The van der Waals surface area contributed by atoms with Crippen LogP contribution in [-0.4, -0.2) is 84.3 Å². The third-order valence-corrected chi connectivity index (χ3v) is 7.21. The van der Waals surface area contributed by atoms with Gasteiger partial charge in [0.25, 0.3) is 0 Å². The Kier molecular flexibility index (Phi) is 5.29. The first-order valence-electron chi connectivity index (χ1n) is 10.5. The molecule has 3 fully saturated rings. The van der Waals surface area contributed by atoms with Crippen LogP contribution in [0, 0.1) is 5.92 Å². The predicted octanol–water partition coefficient (Wildman–Crippen LogP) is 2.22. The Morgan fingerprint density at radius 3 is 2.34 bits per heavy atom. The summed E-state index contributed by atoms with van der Waals surface area (Å²) < 4.78 is 5.32. The van der Waals surface area contributed by atoms with Crippen molar-refractivity contribution in [3.8, 4) is 0 Å². The summed E-state index contributed by atoms with van der Waals surface area (Å²) in [5, 5.41) is 9.27. The van der Waals surface area contributed by atoms with E-state index in [1.165, 1.54) is 10.5 Å². The summed E-state index contributed by atoms with van der Waals surface area (Å²) in [6, 6.07) is 10.5. The van der Waals surface area contributed by atoms with Gasteiger partial charge in [-0.05, 0) is 45.3 Å². The molecule has 2 heterocycles. The lowest BCUT2D eigenvalue weighted by Crippen LogP contribution is -2.57. The molecule has 7 nitrogen and oxygen atoms in total. The van der Waals surface area contributed by atoms with E-state index in [0.29, 0.717) is 32.2 Å². The Labute approximate surface area is 172 Å². The summed E-state index contributed by atoms with van der Waals surface area (Å²) in [6.45, 7) is 2.31. The van der Waals surface area contributed by atoms with E-state index in [-0.39, 0.29) is 23.7 Å². The minimum atomic E-state index is -0.954. The molecule has 4 rings (SSSR count). The van der Waals surface area contributed by atoms with Gasteiger partial charge >= 0.3 is 12.0 Å². The first kappa shape index (κ1) is 20.2. The first-order valence-corrected chi connectivity index (χ1v) is 10.5. The number of carbonyl (C=O) groups is 2. The van der Waals surface area contributed by atoms with Gasteiger partial charge < -0.3 is 19.6 Å². The zero-order valence-electron chi connectivity index (χ0n) is 17.3. The third-order valence-electron chi connectivity index (χ3n) is 7.21. The molecule has 2 saturated heterocycles. The van der Waals surface area contributed by atoms with E-state index in [0.717, 1.165) is 25.7 Å². The lowest BCUT2D eigenvalue weighted by atomic mass is 9.68. The highest BCUT2D eigenvalue weighted by Crippen LogP contribution is 2.49. The lowest BCUT2D eigenvalue weighted by molar-refractivity contribution is -0.137. The van der Waals surface area contributed by atoms with Crippen molar-refractivity contribution >= 4 is 12.0 Å². The second-order valence-corrected chi connectivity index (χ2v) is 9.06. The molecule has 1 N–H and O–H groups in total. The van der Waals surface area contributed by atoms with Crippen molar-refractivity contribution in [2.24, 2.45) is 5.92 Å². The predicted molar refractivity (Wildman–Crippen MR) is 109 cm³/mol. The number of benzene rings is 1. The summed E-state index contributed by atoms with van der Waals surface area (Å²) in [7, 11) is 4.26. The molecular formula is C22H31N3O4. The van der Waals surface area contributed by atoms with Gasteiger partial charge in [0.2, 0.25) is 0 Å². The molecule has 29 heavy (non-hydrogen) atoms. The molecule has 0 atom stereocenters. The number of nitrogens with zero attached hydrogens (tertiary/aromatic N) is 3. The quantitative estimate of drug-likeness (QED) is 0.791. The van der Waals surface area contributed by atoms with E-state index in [1.54, 1.807) is 0 Å². The van der Waals surface area contributed by atoms with Crippen molar-refractivity contribution < 1.29 is 19.4 Å². The fourth-order valence-corrected chi connectivity index (χ4v) is 5.39. The molecule has 158 valence electrons. The molecule has 2 aliphatic heterocycles. The number of ether oxygens (including phenoxy) is 1. The van der Waals surface area contributed by atoms with Gasteiger partial charge in [-0.2, -0.15) is 0 Å². The van der Waals surface area contributed by atoms with Gasteiger partial charge in [-0.15, -0.1) is 0 Å². The molecule has 0 bridgehead atoms. The summed E-state index contributed by atoms with van der Waals surface area (Å²) in [4.78, 5) is 30.2. The maximum Gasteiger partial charge on any atom is 0.323 e. The minimum Gasteiger partial charge on any atom is -0.480 e. The summed E-state index contributed by atoms with van der Waals surface area (Å²) in [6.07, 6.45) is 3.62. The Bertz CT molecular complexity index is 755. The second kappa shape index (κ2) is 7.61. The van der Waals surface area contributed by atoms with Crippen LogP contribution < -0.4 is 0 Å². The third kappa shape index (κ3) is 3.51. The van der Waals surface area contributed by atoms with E-state index in [9.17, 15) is 14.7 Å². The molecule has 1 spiro atoms. The van der Waals surface area contributed by atoms with Gasteiger partial charge in [0.1, 0.15) is 6.54 Å². The van der Waals surface area contributed by atoms with Crippen LogP contribution in [0.15, 0.2) is 30.3 Å². The Morgan fingerprint density at radius 1 is 1.17 bits per heavy atom. The topological polar surface area (TPSA) is 73.3 Å². The molecule has 0 unspecified atom stereocenters. The van der Waals surface area contributed by atoms with Gasteiger partial charge in [-0.25, -0.2) is 4.79 Å². The fourth-order valence-electron chi connectivity index (χ4n) is 5.39. The molecular weight excluding hydrogens is 370 g/mol. The van der Waals surface area contributed by atoms with Crippen LogP contribution >= 0.6 is 0 Å². The Morgan fingerprint density at radius 2 is 1.83 bits per heavy atom. The van der Waals surface area contributed by atoms with Gasteiger partial charge in [-0.1, -0.05) is 30.3 Å². The van der Waals surface area contributed by atoms with Crippen LogP contribution in [0.25, 0.3) is 0 Å². The monoisotopic (exact) mass is 401 g/mol. The summed E-state index contributed by atoms with van der Waals surface area (Å²) in [5.41, 5.74) is 0.975. The summed E-state index contributed by atoms with van der Waals surface area (Å²) >= 11 is 0. The Hall–Kier alpha value is -2.12. The van der Waals surface area contributed by atoms with Crippen LogP contribution in [0.4, 0.5) is 4.79 Å². The average Bonchev–Trinajstić information content (AvgIpc) is 2.90. The summed E-state index contributed by atoms with van der Waals surface area (Å²) in [5.74, 6) is -0.597. The average molecular weight is 402 g/mol. The fraction of sp³-hybridized carbons (Fsp3) is 0.636. The van der Waals surface area contributed by atoms with Crippen molar-refractivity contribution in [2.75, 3.05) is 46.9 Å². The highest BCUT2D eigenvalue weighted by atomic mass is 16.5. The number of carboxylic acid groups (broad SMARTS) is 1. The van der Waals surface area contributed by atoms with Crippen molar-refractivity contribution in [1.29, 1.82) is 0 Å². The molecule has 1 aliphatic carbocycles. The number of rotatable bonds is 6. The van der Waals surface area contributed by atoms with Crippen molar-refractivity contribution in [3.63, 3.8) is 0 Å². The standard InChI is InChI=1S/C22H31N3O4/c1-23(2)22(18-6-4-3-5-7-18)10-8-21(9-11-22)16-24(13-19(26)27)20(28)25(21)12-17-14-29-15-17/h3-7,17H,8-16H2,1-2H3,(H,26,27)/t21-,22+. The lowest BCUT2D eigenvalue weighted by Gasteiger charge is -2.51. The minimum absolute atomic E-state index is 0.0545. The number of hydrogen-bond donors (Lipinski definition) is 1. The molecule has 3 aliphatic rings. The van der Waals surface area contributed by atoms with Gasteiger partial charge in [0.05, 0.1) is 18.8 Å². The zero-order chi connectivity index (χ0) is 20.6. The van der Waals surface area contributed by atoms with E-state index in [1.807, 2.05) is 11.0 Å². The van der Waals surface area contributed by atoms with Crippen LogP contribution in [-0.2, 0) is 15.1 Å². The van der Waals surface area contributed by atoms with Gasteiger partial charge in [0, 0.05) is 24.5 Å². The molecule has 2 amide bonds. The maximum atomic E-state index is 13.1. The van der Waals surface area contributed by atoms with Crippen LogP contribution in [0.5, 0.6) is 0 Å². The van der Waals surface area contributed by atoms with Gasteiger partial charge in [0.15, 0.2) is 0 Å². The molecule has 1 saturated carbocycles. The number of aliphatic carboxylic acids is 1. The van der Waals surface area contributed by atoms with E-state index < -0.39 is 5.97 Å². The van der Waals surface area contributed by atoms with E-state index in [4.69, 9.17) is 4.74 Å².